The van der Waals surface area contributed by atoms with Crippen LogP contribution in [-0.4, -0.2) is 87.3 Å². The lowest BCUT2D eigenvalue weighted by atomic mass is 9.89. The SMILES string of the molecule is COC(=O)N[C@H](C(=O)N1CCC[C@H]1c1ncc(-c2ccc(-c3ccc4c(ccc5nc(C(CCCN)C[C@@H](NC(=O)OC)C(C)C)nc54)[nH]3)s2)[nH]1)C(C)C. The number of aromatic amines is 2. The van der Waals surface area contributed by atoms with Crippen LogP contribution in [-0.2, 0) is 14.3 Å². The van der Waals surface area contributed by atoms with Crippen LogP contribution in [0.15, 0.2) is 42.6 Å². The Labute approximate surface area is 319 Å². The number of carbonyl (C=O) groups is 3. The summed E-state index contributed by atoms with van der Waals surface area (Å²) in [6.07, 6.45) is 4.71. The third-order valence-electron chi connectivity index (χ3n) is 10.3. The first-order chi connectivity index (χ1) is 26.0. The number of pyridine rings is 1. The summed E-state index contributed by atoms with van der Waals surface area (Å²) < 4.78 is 9.65. The zero-order valence-electron chi connectivity index (χ0n) is 31.8. The van der Waals surface area contributed by atoms with E-state index in [0.29, 0.717) is 19.5 Å². The maximum absolute atomic E-state index is 13.6. The second-order valence-corrected chi connectivity index (χ2v) is 15.7. The van der Waals surface area contributed by atoms with E-state index in [9.17, 15) is 14.4 Å². The van der Waals surface area contributed by atoms with Gasteiger partial charge in [-0.3, -0.25) is 4.79 Å². The fourth-order valence-corrected chi connectivity index (χ4v) is 8.16. The number of alkyl carbamates (subject to hydrolysis) is 2. The number of H-pyrrole nitrogens is 2. The van der Waals surface area contributed by atoms with Gasteiger partial charge in [0, 0.05) is 29.4 Å². The number of nitrogens with zero attached hydrogens (tertiary/aromatic N) is 4. The molecule has 14 nitrogen and oxygen atoms in total. The zero-order chi connectivity index (χ0) is 38.5. The van der Waals surface area contributed by atoms with Crippen LogP contribution in [0.25, 0.3) is 43.1 Å². The van der Waals surface area contributed by atoms with Gasteiger partial charge in [0.15, 0.2) is 0 Å². The van der Waals surface area contributed by atoms with Gasteiger partial charge in [0.25, 0.3) is 0 Å². The van der Waals surface area contributed by atoms with Crippen LogP contribution in [0.5, 0.6) is 0 Å². The van der Waals surface area contributed by atoms with Crippen molar-refractivity contribution in [2.75, 3.05) is 27.3 Å². The summed E-state index contributed by atoms with van der Waals surface area (Å²) in [7, 11) is 2.67. The number of aromatic nitrogens is 5. The van der Waals surface area contributed by atoms with E-state index in [-0.39, 0.29) is 35.7 Å². The number of amides is 3. The van der Waals surface area contributed by atoms with E-state index in [1.807, 2.05) is 37.1 Å². The fraction of sp³-hybridized carbons (Fsp3) is 0.487. The van der Waals surface area contributed by atoms with Crippen molar-refractivity contribution in [1.29, 1.82) is 0 Å². The van der Waals surface area contributed by atoms with Crippen molar-refractivity contribution in [2.45, 2.75) is 83.8 Å². The summed E-state index contributed by atoms with van der Waals surface area (Å²) in [6, 6.07) is 11.4. The Balaban J connectivity index is 1.21. The molecule has 1 aromatic carbocycles. The number of hydrogen-bond donors (Lipinski definition) is 5. The molecule has 6 rings (SSSR count). The zero-order valence-corrected chi connectivity index (χ0v) is 32.6. The molecule has 1 unspecified atom stereocenters. The topological polar surface area (TPSA) is 193 Å². The quantitative estimate of drug-likeness (QED) is 0.0804. The summed E-state index contributed by atoms with van der Waals surface area (Å²) >= 11 is 1.64. The molecule has 1 aliphatic heterocycles. The molecule has 54 heavy (non-hydrogen) atoms. The van der Waals surface area contributed by atoms with E-state index >= 15 is 0 Å². The maximum Gasteiger partial charge on any atom is 0.407 e. The van der Waals surface area contributed by atoms with Gasteiger partial charge in [-0.2, -0.15) is 0 Å². The number of nitrogens with two attached hydrogens (primary N) is 1. The monoisotopic (exact) mass is 757 g/mol. The summed E-state index contributed by atoms with van der Waals surface area (Å²) in [6.45, 7) is 9.13. The van der Waals surface area contributed by atoms with Crippen molar-refractivity contribution in [3.8, 4) is 21.1 Å². The molecule has 1 fully saturated rings. The Morgan fingerprint density at radius 1 is 0.944 bits per heavy atom. The Morgan fingerprint density at radius 2 is 1.69 bits per heavy atom. The molecular formula is C39H51N9O5S. The van der Waals surface area contributed by atoms with Crippen molar-refractivity contribution in [3.63, 3.8) is 0 Å². The van der Waals surface area contributed by atoms with Crippen LogP contribution in [0.4, 0.5) is 9.59 Å². The van der Waals surface area contributed by atoms with Gasteiger partial charge >= 0.3 is 12.2 Å². The molecule has 0 bridgehead atoms. The highest BCUT2D eigenvalue weighted by atomic mass is 32.1. The first-order valence-corrected chi connectivity index (χ1v) is 19.5. The van der Waals surface area contributed by atoms with Gasteiger partial charge in [0.2, 0.25) is 5.91 Å². The molecule has 0 radical (unpaired) electrons. The Bertz CT molecular complexity index is 2090. The van der Waals surface area contributed by atoms with E-state index in [2.05, 4.69) is 58.7 Å². The number of benzene rings is 1. The second-order valence-electron chi connectivity index (χ2n) is 14.6. The van der Waals surface area contributed by atoms with E-state index in [0.717, 1.165) is 80.4 Å². The molecular weight excluding hydrogens is 707 g/mol. The van der Waals surface area contributed by atoms with Crippen molar-refractivity contribution in [3.05, 3.63) is 54.2 Å². The molecule has 0 saturated carbocycles. The molecule has 0 aliphatic carbocycles. The number of hydrogen-bond acceptors (Lipinski definition) is 10. The molecule has 1 saturated heterocycles. The molecule has 288 valence electrons. The van der Waals surface area contributed by atoms with Crippen molar-refractivity contribution in [2.24, 2.45) is 17.6 Å². The van der Waals surface area contributed by atoms with Crippen LogP contribution >= 0.6 is 11.3 Å². The van der Waals surface area contributed by atoms with E-state index < -0.39 is 18.2 Å². The van der Waals surface area contributed by atoms with Crippen LogP contribution in [0, 0.1) is 11.8 Å². The minimum absolute atomic E-state index is 0.0223. The van der Waals surface area contributed by atoms with Crippen molar-refractivity contribution < 1.29 is 23.9 Å². The maximum atomic E-state index is 13.6. The molecule has 0 spiro atoms. The summed E-state index contributed by atoms with van der Waals surface area (Å²) in [5.41, 5.74) is 10.4. The first-order valence-electron chi connectivity index (χ1n) is 18.7. The van der Waals surface area contributed by atoms with E-state index in [1.54, 1.807) is 11.3 Å². The Hall–Kier alpha value is -5.02. The average molecular weight is 758 g/mol. The summed E-state index contributed by atoms with van der Waals surface area (Å²) in [5, 5.41) is 6.67. The van der Waals surface area contributed by atoms with Gasteiger partial charge in [0.1, 0.15) is 23.2 Å². The van der Waals surface area contributed by atoms with Crippen LogP contribution in [0.3, 0.4) is 0 Å². The number of fused-ring (bicyclic) bond motifs is 3. The number of methoxy groups -OCH3 is 2. The molecule has 4 aromatic heterocycles. The van der Waals surface area contributed by atoms with E-state index in [4.69, 9.17) is 30.2 Å². The van der Waals surface area contributed by atoms with Crippen LogP contribution < -0.4 is 16.4 Å². The number of carbonyl (C=O) groups excluding carboxylic acids is 3. The standard InChI is InChI=1S/C39H51N9O5S/c1-21(2)28(45-38(50)52-5)19-23(9-7-17-40)35-43-27-14-13-25-24(34(27)46-35)11-12-26(42-25)31-15-16-32(54-31)29-20-41-36(44-29)30-10-8-18-48(30)37(49)33(22(3)4)47-39(51)53-6/h11-16,20-23,28,30,33,42H,7-10,17-19,40H2,1-6H3,(H,41,44)(H,45,50)(H,47,51)/t23?,28-,30+,33+/m1/s1. The Kier molecular flexibility index (Phi) is 12.2. The second kappa shape index (κ2) is 17.0. The molecule has 6 N–H and O–H groups in total. The van der Waals surface area contributed by atoms with Gasteiger partial charge in [-0.15, -0.1) is 11.3 Å². The molecule has 1 aliphatic rings. The minimum atomic E-state index is -0.688. The Morgan fingerprint density at radius 3 is 2.39 bits per heavy atom. The number of rotatable bonds is 14. The van der Waals surface area contributed by atoms with Gasteiger partial charge in [-0.05, 0) is 86.9 Å². The highest BCUT2D eigenvalue weighted by Crippen LogP contribution is 2.37. The van der Waals surface area contributed by atoms with Crippen LogP contribution in [0.1, 0.15) is 83.4 Å². The van der Waals surface area contributed by atoms with Crippen LogP contribution in [0.2, 0.25) is 0 Å². The van der Waals surface area contributed by atoms with Gasteiger partial charge in [-0.25, -0.2) is 24.5 Å². The largest absolute Gasteiger partial charge is 0.453 e. The highest BCUT2D eigenvalue weighted by molar-refractivity contribution is 7.18. The third kappa shape index (κ3) is 8.36. The number of ether oxygens (including phenoxy) is 2. The molecule has 15 heteroatoms. The van der Waals surface area contributed by atoms with Gasteiger partial charge < -0.3 is 40.7 Å². The lowest BCUT2D eigenvalue weighted by Crippen LogP contribution is -2.51. The van der Waals surface area contributed by atoms with Gasteiger partial charge in [0.05, 0.1) is 53.1 Å². The van der Waals surface area contributed by atoms with Crippen molar-refractivity contribution >= 4 is 51.4 Å². The smallest absolute Gasteiger partial charge is 0.407 e. The number of thiophene rings is 1. The number of likely N-dealkylation sites (tertiary alicyclic amines) is 1. The number of imidazole rings is 2. The predicted octanol–water partition coefficient (Wildman–Crippen LogP) is 6.87. The van der Waals surface area contributed by atoms with Crippen molar-refractivity contribution in [1.82, 2.24) is 40.5 Å². The third-order valence-corrected chi connectivity index (χ3v) is 11.4. The van der Waals surface area contributed by atoms with E-state index in [1.165, 1.54) is 14.2 Å². The minimum Gasteiger partial charge on any atom is -0.453 e. The first kappa shape index (κ1) is 38.7. The highest BCUT2D eigenvalue weighted by Gasteiger charge is 2.37. The number of nitrogens with one attached hydrogen (secondary N) is 4. The average Bonchev–Trinajstić information content (AvgIpc) is 4.00. The normalized spacial score (nSPS) is 16.2. The van der Waals surface area contributed by atoms with Gasteiger partial charge in [-0.1, -0.05) is 27.7 Å². The predicted molar refractivity (Wildman–Crippen MR) is 210 cm³/mol. The lowest BCUT2D eigenvalue weighted by Gasteiger charge is -2.30. The molecule has 4 atom stereocenters. The lowest BCUT2D eigenvalue weighted by molar-refractivity contribution is -0.135. The molecule has 5 aromatic rings. The molecule has 3 amide bonds. The molecule has 5 heterocycles. The fourth-order valence-electron chi connectivity index (χ4n) is 7.21. The summed E-state index contributed by atoms with van der Waals surface area (Å²) in [5.74, 6) is 1.47. The summed E-state index contributed by atoms with van der Waals surface area (Å²) in [4.78, 5) is 63.3.